The van der Waals surface area contributed by atoms with Crippen molar-refractivity contribution < 1.29 is 9.90 Å². The molecule has 0 spiro atoms. The number of aliphatic carboxylic acids is 1. The molecule has 0 amide bonds. The number of rotatable bonds is 6. The van der Waals surface area contributed by atoms with Crippen LogP contribution in [0.25, 0.3) is 0 Å². The molecule has 3 heteroatoms. The maximum absolute atomic E-state index is 11.7. The van der Waals surface area contributed by atoms with E-state index in [1.54, 1.807) is 6.92 Å². The number of carboxylic acids is 1. The van der Waals surface area contributed by atoms with E-state index in [0.717, 1.165) is 11.1 Å². The van der Waals surface area contributed by atoms with Crippen LogP contribution >= 0.6 is 0 Å². The van der Waals surface area contributed by atoms with Crippen molar-refractivity contribution in [3.05, 3.63) is 71.8 Å². The van der Waals surface area contributed by atoms with Gasteiger partial charge in [0.25, 0.3) is 0 Å². The van der Waals surface area contributed by atoms with Gasteiger partial charge in [-0.05, 0) is 25.0 Å². The minimum absolute atomic E-state index is 0.0315. The van der Waals surface area contributed by atoms with Gasteiger partial charge in [0.05, 0.1) is 0 Å². The van der Waals surface area contributed by atoms with E-state index in [0.29, 0.717) is 6.42 Å². The fourth-order valence-electron chi connectivity index (χ4n) is 2.50. The lowest BCUT2D eigenvalue weighted by molar-refractivity contribution is -0.144. The van der Waals surface area contributed by atoms with Crippen LogP contribution in [0.2, 0.25) is 0 Å². The van der Waals surface area contributed by atoms with Gasteiger partial charge >= 0.3 is 5.97 Å². The van der Waals surface area contributed by atoms with E-state index in [1.165, 1.54) is 0 Å². The molecule has 2 rings (SSSR count). The van der Waals surface area contributed by atoms with Gasteiger partial charge in [-0.15, -0.1) is 0 Å². The Hall–Kier alpha value is -2.13. The highest BCUT2D eigenvalue weighted by Gasteiger charge is 2.34. The molecule has 2 aromatic carbocycles. The van der Waals surface area contributed by atoms with Crippen molar-refractivity contribution in [3.8, 4) is 0 Å². The van der Waals surface area contributed by atoms with Crippen LogP contribution < -0.4 is 5.32 Å². The highest BCUT2D eigenvalue weighted by atomic mass is 16.4. The van der Waals surface area contributed by atoms with Gasteiger partial charge in [0.2, 0.25) is 0 Å². The molecule has 0 unspecified atom stereocenters. The molecular weight excluding hydrogens is 262 g/mol. The van der Waals surface area contributed by atoms with Crippen molar-refractivity contribution in [1.82, 2.24) is 5.32 Å². The molecule has 0 aliphatic carbocycles. The summed E-state index contributed by atoms with van der Waals surface area (Å²) < 4.78 is 0. The van der Waals surface area contributed by atoms with E-state index in [4.69, 9.17) is 0 Å². The molecule has 0 aliphatic rings. The van der Waals surface area contributed by atoms with Gasteiger partial charge in [-0.3, -0.25) is 10.1 Å². The maximum atomic E-state index is 11.7. The Bertz CT molecular complexity index is 583. The van der Waals surface area contributed by atoms with Crippen molar-refractivity contribution in [2.45, 2.75) is 31.8 Å². The van der Waals surface area contributed by atoms with Gasteiger partial charge in [-0.25, -0.2) is 0 Å². The van der Waals surface area contributed by atoms with Crippen molar-refractivity contribution in [1.29, 1.82) is 0 Å². The van der Waals surface area contributed by atoms with Gasteiger partial charge in [0, 0.05) is 12.5 Å². The van der Waals surface area contributed by atoms with Gasteiger partial charge < -0.3 is 5.11 Å². The number of carboxylic acid groups (broad SMARTS) is 1. The first kappa shape index (κ1) is 15.3. The van der Waals surface area contributed by atoms with E-state index in [9.17, 15) is 9.90 Å². The van der Waals surface area contributed by atoms with Crippen LogP contribution in [0.1, 0.15) is 31.0 Å². The van der Waals surface area contributed by atoms with Crippen molar-refractivity contribution >= 4 is 5.97 Å². The number of hydrogen-bond donors (Lipinski definition) is 2. The Labute approximate surface area is 125 Å². The van der Waals surface area contributed by atoms with Crippen LogP contribution in [0.4, 0.5) is 0 Å². The molecule has 2 aromatic rings. The molecule has 110 valence electrons. The number of hydrogen-bond acceptors (Lipinski definition) is 2. The normalized spacial score (nSPS) is 15.1. The third-order valence-electron chi connectivity index (χ3n) is 3.71. The van der Waals surface area contributed by atoms with E-state index in [2.05, 4.69) is 5.32 Å². The molecule has 0 bridgehead atoms. The average Bonchev–Trinajstić information content (AvgIpc) is 2.49. The Morgan fingerprint density at radius 3 is 2.14 bits per heavy atom. The molecule has 0 heterocycles. The lowest BCUT2D eigenvalue weighted by Crippen LogP contribution is -2.52. The number of carbonyl (C=O) groups is 1. The zero-order valence-electron chi connectivity index (χ0n) is 12.4. The van der Waals surface area contributed by atoms with Gasteiger partial charge in [-0.1, -0.05) is 60.7 Å². The maximum Gasteiger partial charge on any atom is 0.323 e. The van der Waals surface area contributed by atoms with E-state index >= 15 is 0 Å². The molecule has 0 aliphatic heterocycles. The monoisotopic (exact) mass is 283 g/mol. The molecule has 3 nitrogen and oxygen atoms in total. The average molecular weight is 283 g/mol. The predicted octanol–water partition coefficient (Wildman–Crippen LogP) is 3.42. The van der Waals surface area contributed by atoms with E-state index in [1.807, 2.05) is 67.6 Å². The fourth-order valence-corrected chi connectivity index (χ4v) is 2.50. The topological polar surface area (TPSA) is 49.3 Å². The minimum atomic E-state index is -1.00. The molecular formula is C18H21NO2. The molecule has 2 atom stereocenters. The van der Waals surface area contributed by atoms with E-state index in [-0.39, 0.29) is 6.04 Å². The summed E-state index contributed by atoms with van der Waals surface area (Å²) in [6.45, 7) is 3.73. The standard InChI is InChI=1S/C18H21NO2/c1-14(16-11-7-4-8-12-16)19-18(2,17(20)21)13-15-9-5-3-6-10-15/h3-12,14,19H,13H2,1-2H3,(H,20,21)/t14-,18-/m1/s1. The fraction of sp³-hybridized carbons (Fsp3) is 0.278. The van der Waals surface area contributed by atoms with Crippen LogP contribution in [-0.4, -0.2) is 16.6 Å². The summed E-state index contributed by atoms with van der Waals surface area (Å²) in [5.41, 5.74) is 1.09. The SMILES string of the molecule is C[C@@H](N[C@](C)(Cc1ccccc1)C(=O)O)c1ccccc1. The summed E-state index contributed by atoms with van der Waals surface area (Å²) in [6, 6.07) is 19.5. The number of nitrogens with one attached hydrogen (secondary N) is 1. The largest absolute Gasteiger partial charge is 0.480 e. The third-order valence-corrected chi connectivity index (χ3v) is 3.71. The molecule has 0 saturated heterocycles. The summed E-state index contributed by atoms with van der Waals surface area (Å²) in [4.78, 5) is 11.7. The quantitative estimate of drug-likeness (QED) is 0.854. The lowest BCUT2D eigenvalue weighted by Gasteiger charge is -2.30. The summed E-state index contributed by atoms with van der Waals surface area (Å²) in [5.74, 6) is -0.839. The molecule has 0 aromatic heterocycles. The summed E-state index contributed by atoms with van der Waals surface area (Å²) in [6.07, 6.45) is 0.445. The van der Waals surface area contributed by atoms with Gasteiger partial charge in [0.1, 0.15) is 5.54 Å². The molecule has 21 heavy (non-hydrogen) atoms. The summed E-state index contributed by atoms with van der Waals surface area (Å²) in [7, 11) is 0. The second kappa shape index (κ2) is 6.55. The second-order valence-electron chi connectivity index (χ2n) is 5.58. The molecule has 0 radical (unpaired) electrons. The zero-order chi connectivity index (χ0) is 15.3. The van der Waals surface area contributed by atoms with Crippen LogP contribution in [0, 0.1) is 0 Å². The summed E-state index contributed by atoms with van der Waals surface area (Å²) in [5, 5.41) is 12.9. The Balaban J connectivity index is 2.17. The second-order valence-corrected chi connectivity index (χ2v) is 5.58. The lowest BCUT2D eigenvalue weighted by atomic mass is 9.91. The Morgan fingerprint density at radius 2 is 1.62 bits per heavy atom. The first-order valence-electron chi connectivity index (χ1n) is 7.11. The van der Waals surface area contributed by atoms with Crippen molar-refractivity contribution in [2.75, 3.05) is 0 Å². The van der Waals surface area contributed by atoms with Gasteiger partial charge in [-0.2, -0.15) is 0 Å². The molecule has 2 N–H and O–H groups in total. The van der Waals surface area contributed by atoms with Gasteiger partial charge in [0.15, 0.2) is 0 Å². The first-order chi connectivity index (χ1) is 10.0. The summed E-state index contributed by atoms with van der Waals surface area (Å²) >= 11 is 0. The van der Waals surface area contributed by atoms with Crippen LogP contribution in [0.15, 0.2) is 60.7 Å². The van der Waals surface area contributed by atoms with Crippen molar-refractivity contribution in [3.63, 3.8) is 0 Å². The minimum Gasteiger partial charge on any atom is -0.480 e. The zero-order valence-corrected chi connectivity index (χ0v) is 12.4. The Kier molecular flexibility index (Phi) is 4.76. The van der Waals surface area contributed by atoms with Crippen LogP contribution in [0.5, 0.6) is 0 Å². The highest BCUT2D eigenvalue weighted by molar-refractivity contribution is 5.78. The molecule has 0 saturated carbocycles. The van der Waals surface area contributed by atoms with Crippen LogP contribution in [-0.2, 0) is 11.2 Å². The van der Waals surface area contributed by atoms with Crippen LogP contribution in [0.3, 0.4) is 0 Å². The Morgan fingerprint density at radius 1 is 1.10 bits per heavy atom. The third kappa shape index (κ3) is 3.92. The first-order valence-corrected chi connectivity index (χ1v) is 7.11. The highest BCUT2D eigenvalue weighted by Crippen LogP contribution is 2.20. The number of benzene rings is 2. The van der Waals surface area contributed by atoms with E-state index < -0.39 is 11.5 Å². The molecule has 0 fully saturated rings. The smallest absolute Gasteiger partial charge is 0.323 e. The van der Waals surface area contributed by atoms with Crippen molar-refractivity contribution in [2.24, 2.45) is 0 Å². The predicted molar refractivity (Wildman–Crippen MR) is 84.2 cm³/mol.